The fourth-order valence-electron chi connectivity index (χ4n) is 2.99. The van der Waals surface area contributed by atoms with Crippen molar-refractivity contribution >= 4 is 28.3 Å². The van der Waals surface area contributed by atoms with Gasteiger partial charge >= 0.3 is 0 Å². The normalized spacial score (nSPS) is 15.2. The first-order valence-corrected chi connectivity index (χ1v) is 7.79. The van der Waals surface area contributed by atoms with Crippen LogP contribution in [0.4, 0.5) is 5.82 Å². The first kappa shape index (κ1) is 14.2. The van der Waals surface area contributed by atoms with E-state index >= 15 is 0 Å². The van der Waals surface area contributed by atoms with E-state index in [9.17, 15) is 0 Å². The van der Waals surface area contributed by atoms with E-state index in [0.717, 1.165) is 46.0 Å². The van der Waals surface area contributed by atoms with E-state index in [2.05, 4.69) is 17.0 Å². The summed E-state index contributed by atoms with van der Waals surface area (Å²) < 4.78 is 0. The Morgan fingerprint density at radius 1 is 1.29 bits per heavy atom. The van der Waals surface area contributed by atoms with Gasteiger partial charge < -0.3 is 4.90 Å². The van der Waals surface area contributed by atoms with E-state index in [1.165, 1.54) is 19.3 Å². The van der Waals surface area contributed by atoms with Crippen molar-refractivity contribution in [1.82, 2.24) is 4.98 Å². The van der Waals surface area contributed by atoms with Crippen molar-refractivity contribution in [2.24, 2.45) is 0 Å². The minimum absolute atomic E-state index is 0.399. The lowest BCUT2D eigenvalue weighted by atomic mass is 10.0. The van der Waals surface area contributed by atoms with Gasteiger partial charge in [-0.25, -0.2) is 4.98 Å². The summed E-state index contributed by atoms with van der Waals surface area (Å²) in [6.45, 7) is 4.05. The van der Waals surface area contributed by atoms with Crippen molar-refractivity contribution in [1.29, 1.82) is 5.26 Å². The van der Waals surface area contributed by atoms with Gasteiger partial charge in [0, 0.05) is 29.1 Å². The van der Waals surface area contributed by atoms with E-state index in [1.54, 1.807) is 0 Å². The number of nitriles is 1. The quantitative estimate of drug-likeness (QED) is 0.832. The van der Waals surface area contributed by atoms with Gasteiger partial charge in [-0.3, -0.25) is 0 Å². The molecule has 0 unspecified atom stereocenters. The minimum atomic E-state index is 0.399. The highest BCUT2D eigenvalue weighted by Gasteiger charge is 2.17. The van der Waals surface area contributed by atoms with Gasteiger partial charge in [-0.1, -0.05) is 17.7 Å². The number of benzene rings is 1. The Labute approximate surface area is 130 Å². The number of pyridine rings is 1. The van der Waals surface area contributed by atoms with E-state index in [-0.39, 0.29) is 0 Å². The van der Waals surface area contributed by atoms with Crippen molar-refractivity contribution < 1.29 is 0 Å². The molecular weight excluding hydrogens is 282 g/mol. The summed E-state index contributed by atoms with van der Waals surface area (Å²) in [5.74, 6) is 0.967. The molecular formula is C17H18ClN3. The van der Waals surface area contributed by atoms with E-state index in [1.807, 2.05) is 19.1 Å². The Kier molecular flexibility index (Phi) is 3.98. The minimum Gasteiger partial charge on any atom is -0.356 e. The second kappa shape index (κ2) is 5.91. The number of halogens is 1. The van der Waals surface area contributed by atoms with Crippen molar-refractivity contribution in [2.75, 3.05) is 18.0 Å². The van der Waals surface area contributed by atoms with E-state index < -0.39 is 0 Å². The molecule has 0 bridgehead atoms. The van der Waals surface area contributed by atoms with Crippen molar-refractivity contribution in [3.8, 4) is 6.07 Å². The SMILES string of the molecule is Cc1c(Cl)ccc2cc(CC#N)c(N3CCCCC3)nc12. The average Bonchev–Trinajstić information content (AvgIpc) is 2.52. The van der Waals surface area contributed by atoms with Crippen molar-refractivity contribution in [3.63, 3.8) is 0 Å². The molecule has 108 valence electrons. The molecule has 0 radical (unpaired) electrons. The Morgan fingerprint density at radius 2 is 2.05 bits per heavy atom. The summed E-state index contributed by atoms with van der Waals surface area (Å²) in [6, 6.07) is 8.24. The zero-order valence-electron chi connectivity index (χ0n) is 12.2. The summed E-state index contributed by atoms with van der Waals surface area (Å²) in [4.78, 5) is 7.18. The average molecular weight is 300 g/mol. The molecule has 4 heteroatoms. The summed E-state index contributed by atoms with van der Waals surface area (Å²) in [7, 11) is 0. The van der Waals surface area contributed by atoms with Crippen LogP contribution >= 0.6 is 11.6 Å². The zero-order valence-corrected chi connectivity index (χ0v) is 13.0. The molecule has 1 aliphatic rings. The molecule has 21 heavy (non-hydrogen) atoms. The van der Waals surface area contributed by atoms with Crippen LogP contribution in [0.5, 0.6) is 0 Å². The first-order valence-electron chi connectivity index (χ1n) is 7.41. The van der Waals surface area contributed by atoms with Crippen LogP contribution in [0.25, 0.3) is 10.9 Å². The van der Waals surface area contributed by atoms with Gasteiger partial charge in [0.05, 0.1) is 18.0 Å². The van der Waals surface area contributed by atoms with Crippen LogP contribution in [-0.4, -0.2) is 18.1 Å². The van der Waals surface area contributed by atoms with Crippen LogP contribution in [0.3, 0.4) is 0 Å². The molecule has 0 N–H and O–H groups in total. The maximum atomic E-state index is 9.10. The Morgan fingerprint density at radius 3 is 2.76 bits per heavy atom. The molecule has 0 spiro atoms. The summed E-state index contributed by atoms with van der Waals surface area (Å²) in [5.41, 5.74) is 2.98. The fourth-order valence-corrected chi connectivity index (χ4v) is 3.14. The van der Waals surface area contributed by atoms with Gasteiger partial charge in [0.25, 0.3) is 0 Å². The Balaban J connectivity index is 2.17. The van der Waals surface area contributed by atoms with Gasteiger partial charge in [-0.05, 0) is 43.9 Å². The molecule has 1 aromatic carbocycles. The molecule has 2 aromatic rings. The lowest BCUT2D eigenvalue weighted by Gasteiger charge is -2.29. The molecule has 3 nitrogen and oxygen atoms in total. The molecule has 2 heterocycles. The Bertz CT molecular complexity index is 712. The standard InChI is InChI=1S/C17H18ClN3/c1-12-15(18)6-5-13-11-14(7-8-19)17(20-16(12)13)21-9-3-2-4-10-21/h5-6,11H,2-4,7,9-10H2,1H3. The molecule has 0 aliphatic carbocycles. The van der Waals surface area contributed by atoms with E-state index in [4.69, 9.17) is 21.8 Å². The third-order valence-corrected chi connectivity index (χ3v) is 4.57. The van der Waals surface area contributed by atoms with Crippen LogP contribution in [-0.2, 0) is 6.42 Å². The predicted molar refractivity (Wildman–Crippen MR) is 86.9 cm³/mol. The number of piperidine rings is 1. The molecule has 1 aromatic heterocycles. The maximum Gasteiger partial charge on any atom is 0.133 e. The van der Waals surface area contributed by atoms with Crippen LogP contribution in [0.1, 0.15) is 30.4 Å². The van der Waals surface area contributed by atoms with Crippen LogP contribution < -0.4 is 4.90 Å². The van der Waals surface area contributed by atoms with E-state index in [0.29, 0.717) is 6.42 Å². The van der Waals surface area contributed by atoms with Crippen LogP contribution in [0, 0.1) is 18.3 Å². The summed E-state index contributed by atoms with van der Waals surface area (Å²) >= 11 is 6.22. The largest absolute Gasteiger partial charge is 0.356 e. The number of hydrogen-bond acceptors (Lipinski definition) is 3. The number of aryl methyl sites for hydroxylation is 1. The summed E-state index contributed by atoms with van der Waals surface area (Å²) in [5, 5.41) is 10.9. The lowest BCUT2D eigenvalue weighted by molar-refractivity contribution is 0.573. The zero-order chi connectivity index (χ0) is 14.8. The second-order valence-electron chi connectivity index (χ2n) is 5.60. The highest BCUT2D eigenvalue weighted by atomic mass is 35.5. The van der Waals surface area contributed by atoms with Crippen molar-refractivity contribution in [3.05, 3.63) is 34.3 Å². The van der Waals surface area contributed by atoms with Gasteiger partial charge in [0.1, 0.15) is 5.82 Å². The number of anilines is 1. The van der Waals surface area contributed by atoms with Gasteiger partial charge in [-0.15, -0.1) is 0 Å². The van der Waals surface area contributed by atoms with Crippen LogP contribution in [0.15, 0.2) is 18.2 Å². The summed E-state index contributed by atoms with van der Waals surface area (Å²) in [6.07, 6.45) is 4.07. The third kappa shape index (κ3) is 2.69. The highest BCUT2D eigenvalue weighted by Crippen LogP contribution is 2.30. The molecule has 0 saturated carbocycles. The maximum absolute atomic E-state index is 9.10. The lowest BCUT2D eigenvalue weighted by Crippen LogP contribution is -2.31. The molecule has 3 rings (SSSR count). The number of aromatic nitrogens is 1. The molecule has 0 atom stereocenters. The number of rotatable bonds is 2. The number of nitrogens with zero attached hydrogens (tertiary/aromatic N) is 3. The fraction of sp³-hybridized carbons (Fsp3) is 0.412. The molecule has 1 saturated heterocycles. The predicted octanol–water partition coefficient (Wildman–Crippen LogP) is 4.25. The molecule has 0 amide bonds. The number of fused-ring (bicyclic) bond motifs is 1. The highest BCUT2D eigenvalue weighted by molar-refractivity contribution is 6.32. The molecule has 1 fully saturated rings. The number of hydrogen-bond donors (Lipinski definition) is 0. The Hall–Kier alpha value is -1.79. The first-order chi connectivity index (χ1) is 10.2. The monoisotopic (exact) mass is 299 g/mol. The smallest absolute Gasteiger partial charge is 0.133 e. The van der Waals surface area contributed by atoms with Gasteiger partial charge in [-0.2, -0.15) is 5.26 Å². The third-order valence-electron chi connectivity index (χ3n) is 4.16. The molecule has 1 aliphatic heterocycles. The van der Waals surface area contributed by atoms with Gasteiger partial charge in [0.15, 0.2) is 0 Å². The van der Waals surface area contributed by atoms with Crippen molar-refractivity contribution in [2.45, 2.75) is 32.6 Å². The second-order valence-corrected chi connectivity index (χ2v) is 6.01. The van der Waals surface area contributed by atoms with Gasteiger partial charge in [0.2, 0.25) is 0 Å². The van der Waals surface area contributed by atoms with Crippen LogP contribution in [0.2, 0.25) is 5.02 Å². The topological polar surface area (TPSA) is 39.9 Å².